The SMILES string of the molecule is CNc1ncnc(N(CC(N)=O)CC(N)=O)c1OC. The zero-order valence-corrected chi connectivity index (χ0v) is 10.7. The lowest BCUT2D eigenvalue weighted by atomic mass is 10.3. The van der Waals surface area contributed by atoms with Crippen LogP contribution in [0.1, 0.15) is 0 Å². The second kappa shape index (κ2) is 6.38. The minimum atomic E-state index is -0.618. The van der Waals surface area contributed by atoms with Gasteiger partial charge < -0.3 is 26.4 Å². The van der Waals surface area contributed by atoms with Gasteiger partial charge in [0.2, 0.25) is 17.6 Å². The largest absolute Gasteiger partial charge is 0.490 e. The Morgan fingerprint density at radius 3 is 2.32 bits per heavy atom. The van der Waals surface area contributed by atoms with Crippen LogP contribution < -0.4 is 26.4 Å². The lowest BCUT2D eigenvalue weighted by molar-refractivity contribution is -0.117. The van der Waals surface area contributed by atoms with Gasteiger partial charge in [0.15, 0.2) is 11.6 Å². The van der Waals surface area contributed by atoms with Gasteiger partial charge >= 0.3 is 0 Å². The number of nitrogens with zero attached hydrogens (tertiary/aromatic N) is 3. The van der Waals surface area contributed by atoms with E-state index >= 15 is 0 Å². The zero-order chi connectivity index (χ0) is 14.4. The molecule has 1 aromatic heterocycles. The van der Waals surface area contributed by atoms with Crippen LogP contribution in [-0.4, -0.2) is 49.0 Å². The maximum Gasteiger partial charge on any atom is 0.237 e. The fourth-order valence-corrected chi connectivity index (χ4v) is 1.54. The summed E-state index contributed by atoms with van der Waals surface area (Å²) in [5.41, 5.74) is 10.3. The van der Waals surface area contributed by atoms with Gasteiger partial charge in [-0.05, 0) is 0 Å². The summed E-state index contributed by atoms with van der Waals surface area (Å²) in [7, 11) is 3.08. The molecule has 1 aromatic rings. The average molecular weight is 268 g/mol. The maximum absolute atomic E-state index is 11.0. The third kappa shape index (κ3) is 3.69. The Morgan fingerprint density at radius 1 is 1.32 bits per heavy atom. The highest BCUT2D eigenvalue weighted by Gasteiger charge is 2.20. The number of primary amides is 2. The van der Waals surface area contributed by atoms with Crippen molar-refractivity contribution < 1.29 is 14.3 Å². The van der Waals surface area contributed by atoms with Crippen molar-refractivity contribution in [3.8, 4) is 5.75 Å². The van der Waals surface area contributed by atoms with Gasteiger partial charge in [0.05, 0.1) is 20.2 Å². The van der Waals surface area contributed by atoms with Crippen molar-refractivity contribution in [2.45, 2.75) is 0 Å². The summed E-state index contributed by atoms with van der Waals surface area (Å²) in [5, 5.41) is 2.81. The Morgan fingerprint density at radius 2 is 1.89 bits per heavy atom. The van der Waals surface area contributed by atoms with Crippen LogP contribution in [0, 0.1) is 0 Å². The third-order valence-corrected chi connectivity index (χ3v) is 2.22. The molecule has 1 rings (SSSR count). The molecule has 0 aromatic carbocycles. The van der Waals surface area contributed by atoms with Gasteiger partial charge in [0.1, 0.15) is 6.33 Å². The Labute approximate surface area is 109 Å². The summed E-state index contributed by atoms with van der Waals surface area (Å²) in [6, 6.07) is 0. The Kier molecular flexibility index (Phi) is 4.86. The first-order valence-corrected chi connectivity index (χ1v) is 5.37. The monoisotopic (exact) mass is 268 g/mol. The number of methoxy groups -OCH3 is 1. The van der Waals surface area contributed by atoms with Crippen molar-refractivity contribution in [3.05, 3.63) is 6.33 Å². The summed E-state index contributed by atoms with van der Waals surface area (Å²) in [6.07, 6.45) is 1.28. The van der Waals surface area contributed by atoms with E-state index in [2.05, 4.69) is 15.3 Å². The highest BCUT2D eigenvalue weighted by molar-refractivity contribution is 5.85. The van der Waals surface area contributed by atoms with Crippen LogP contribution in [0.15, 0.2) is 6.33 Å². The molecule has 5 N–H and O–H groups in total. The van der Waals surface area contributed by atoms with E-state index in [1.165, 1.54) is 18.3 Å². The highest BCUT2D eigenvalue weighted by Crippen LogP contribution is 2.31. The summed E-state index contributed by atoms with van der Waals surface area (Å²) in [5.74, 6) is -0.251. The molecule has 0 saturated heterocycles. The maximum atomic E-state index is 11.0. The number of amides is 2. The van der Waals surface area contributed by atoms with Gasteiger partial charge in [-0.3, -0.25) is 9.59 Å². The molecular formula is C10H16N6O3. The highest BCUT2D eigenvalue weighted by atomic mass is 16.5. The number of anilines is 2. The fourth-order valence-electron chi connectivity index (χ4n) is 1.54. The number of hydrogen-bond donors (Lipinski definition) is 3. The van der Waals surface area contributed by atoms with E-state index in [0.717, 1.165) is 0 Å². The molecule has 9 heteroatoms. The Hall–Kier alpha value is -2.58. The van der Waals surface area contributed by atoms with Gasteiger partial charge in [0, 0.05) is 7.05 Å². The predicted molar refractivity (Wildman–Crippen MR) is 68.7 cm³/mol. The molecule has 104 valence electrons. The lowest BCUT2D eigenvalue weighted by Crippen LogP contribution is -2.40. The number of rotatable bonds is 7. The van der Waals surface area contributed by atoms with Crippen molar-refractivity contribution in [2.75, 3.05) is 37.5 Å². The smallest absolute Gasteiger partial charge is 0.237 e. The topological polar surface area (TPSA) is 136 Å². The lowest BCUT2D eigenvalue weighted by Gasteiger charge is -2.23. The number of nitrogens with one attached hydrogen (secondary N) is 1. The average Bonchev–Trinajstić information content (AvgIpc) is 2.35. The molecule has 0 unspecified atom stereocenters. The van der Waals surface area contributed by atoms with Crippen LogP contribution in [0.2, 0.25) is 0 Å². The zero-order valence-electron chi connectivity index (χ0n) is 10.7. The van der Waals surface area contributed by atoms with Crippen molar-refractivity contribution in [1.29, 1.82) is 0 Å². The van der Waals surface area contributed by atoms with Crippen molar-refractivity contribution in [3.63, 3.8) is 0 Å². The molecule has 0 spiro atoms. The first-order chi connectivity index (χ1) is 8.99. The van der Waals surface area contributed by atoms with Gasteiger partial charge in [-0.25, -0.2) is 9.97 Å². The van der Waals surface area contributed by atoms with Crippen LogP contribution in [0.5, 0.6) is 5.75 Å². The predicted octanol–water partition coefficient (Wildman–Crippen LogP) is -1.70. The molecule has 19 heavy (non-hydrogen) atoms. The molecule has 0 bridgehead atoms. The van der Waals surface area contributed by atoms with Crippen molar-refractivity contribution in [2.24, 2.45) is 11.5 Å². The molecule has 0 atom stereocenters. The van der Waals surface area contributed by atoms with Crippen LogP contribution in [0.25, 0.3) is 0 Å². The molecular weight excluding hydrogens is 252 g/mol. The fraction of sp³-hybridized carbons (Fsp3) is 0.400. The summed E-state index contributed by atoms with van der Waals surface area (Å²) >= 11 is 0. The van der Waals surface area contributed by atoms with Gasteiger partial charge in [0.25, 0.3) is 0 Å². The number of nitrogens with two attached hydrogens (primary N) is 2. The molecule has 0 aliphatic carbocycles. The van der Waals surface area contributed by atoms with Crippen LogP contribution in [-0.2, 0) is 9.59 Å². The summed E-state index contributed by atoms with van der Waals surface area (Å²) in [4.78, 5) is 31.4. The normalized spacial score (nSPS) is 9.79. The molecule has 0 aliphatic rings. The van der Waals surface area contributed by atoms with Crippen LogP contribution >= 0.6 is 0 Å². The van der Waals surface area contributed by atoms with E-state index in [-0.39, 0.29) is 18.9 Å². The minimum Gasteiger partial charge on any atom is -0.490 e. The first-order valence-electron chi connectivity index (χ1n) is 5.37. The molecule has 0 radical (unpaired) electrons. The van der Waals surface area contributed by atoms with Crippen LogP contribution in [0.4, 0.5) is 11.6 Å². The number of carbonyl (C=O) groups excluding carboxylic acids is 2. The van der Waals surface area contributed by atoms with E-state index in [1.54, 1.807) is 7.05 Å². The van der Waals surface area contributed by atoms with Crippen molar-refractivity contribution >= 4 is 23.5 Å². The Bertz CT molecular complexity index is 462. The molecule has 2 amide bonds. The quantitative estimate of drug-likeness (QED) is 0.536. The molecule has 0 fully saturated rings. The molecule has 9 nitrogen and oxygen atoms in total. The molecule has 0 aliphatic heterocycles. The molecule has 0 saturated carbocycles. The summed E-state index contributed by atoms with van der Waals surface area (Å²) in [6.45, 7) is -0.418. The number of hydrogen-bond acceptors (Lipinski definition) is 7. The van der Waals surface area contributed by atoms with E-state index in [1.807, 2.05) is 0 Å². The standard InChI is InChI=1S/C10H16N6O3/c1-13-9-8(19-2)10(15-5-14-9)16(3-6(11)17)4-7(12)18/h5H,3-4H2,1-2H3,(H2,11,17)(H2,12,18)(H,13,14,15). The van der Waals surface area contributed by atoms with E-state index < -0.39 is 11.8 Å². The van der Waals surface area contributed by atoms with Gasteiger partial charge in [-0.1, -0.05) is 0 Å². The third-order valence-electron chi connectivity index (χ3n) is 2.22. The number of carbonyl (C=O) groups is 2. The molecule has 1 heterocycles. The van der Waals surface area contributed by atoms with Crippen LogP contribution in [0.3, 0.4) is 0 Å². The van der Waals surface area contributed by atoms with E-state index in [0.29, 0.717) is 11.6 Å². The van der Waals surface area contributed by atoms with Gasteiger partial charge in [-0.2, -0.15) is 0 Å². The second-order valence-corrected chi connectivity index (χ2v) is 3.62. The van der Waals surface area contributed by atoms with E-state index in [9.17, 15) is 9.59 Å². The number of aromatic nitrogens is 2. The minimum absolute atomic E-state index is 0.209. The van der Waals surface area contributed by atoms with Gasteiger partial charge in [-0.15, -0.1) is 0 Å². The first kappa shape index (κ1) is 14.5. The Balaban J connectivity index is 3.20. The van der Waals surface area contributed by atoms with Crippen molar-refractivity contribution in [1.82, 2.24) is 9.97 Å². The number of ether oxygens (including phenoxy) is 1. The summed E-state index contributed by atoms with van der Waals surface area (Å²) < 4.78 is 5.18. The van der Waals surface area contributed by atoms with E-state index in [4.69, 9.17) is 16.2 Å². The second-order valence-electron chi connectivity index (χ2n) is 3.62.